The Bertz CT molecular complexity index is 182. The Balaban J connectivity index is 3.76. The number of nitrogens with one attached hydrogen (secondary N) is 1. The molecule has 0 radical (unpaired) electrons. The minimum absolute atomic E-state index is 0.358. The van der Waals surface area contributed by atoms with Crippen molar-refractivity contribution < 1.29 is 14.3 Å². The van der Waals surface area contributed by atoms with Gasteiger partial charge < -0.3 is 10.1 Å². The number of unbranched alkanes of at least 4 members (excludes halogenated alkanes) is 1. The second kappa shape index (κ2) is 6.28. The van der Waals surface area contributed by atoms with Crippen LogP contribution in [0.25, 0.3) is 0 Å². The predicted molar refractivity (Wildman–Crippen MR) is 48.5 cm³/mol. The molecule has 0 aliphatic carbocycles. The van der Waals surface area contributed by atoms with Crippen molar-refractivity contribution in [3.8, 4) is 0 Å². The molecule has 13 heavy (non-hydrogen) atoms. The topological polar surface area (TPSA) is 58.6 Å². The van der Waals surface area contributed by atoms with Gasteiger partial charge in [0.1, 0.15) is 0 Å². The van der Waals surface area contributed by atoms with Crippen LogP contribution in [-0.4, -0.2) is 37.7 Å². The van der Waals surface area contributed by atoms with Crippen LogP contribution in [0.1, 0.15) is 19.8 Å². The molecule has 0 atom stereocenters. The highest BCUT2D eigenvalue weighted by Gasteiger charge is 2.15. The van der Waals surface area contributed by atoms with Gasteiger partial charge in [0.05, 0.1) is 6.61 Å². The predicted octanol–water partition coefficient (Wildman–Crippen LogP) is 1.19. The highest BCUT2D eigenvalue weighted by Crippen LogP contribution is 1.94. The summed E-state index contributed by atoms with van der Waals surface area (Å²) >= 11 is 0. The fourth-order valence-corrected chi connectivity index (χ4v) is 0.651. The van der Waals surface area contributed by atoms with E-state index < -0.39 is 12.1 Å². The van der Waals surface area contributed by atoms with Crippen LogP contribution >= 0.6 is 0 Å². The van der Waals surface area contributed by atoms with E-state index in [-0.39, 0.29) is 0 Å². The number of amides is 3. The van der Waals surface area contributed by atoms with Gasteiger partial charge in [-0.3, -0.25) is 0 Å². The first kappa shape index (κ1) is 11.7. The number of urea groups is 1. The van der Waals surface area contributed by atoms with Crippen LogP contribution in [0.5, 0.6) is 0 Å². The lowest BCUT2D eigenvalue weighted by Crippen LogP contribution is -2.39. The molecule has 0 saturated carbocycles. The average Bonchev–Trinajstić information content (AvgIpc) is 2.15. The van der Waals surface area contributed by atoms with E-state index in [0.717, 1.165) is 17.7 Å². The van der Waals surface area contributed by atoms with Crippen LogP contribution < -0.4 is 5.32 Å². The lowest BCUT2D eigenvalue weighted by molar-refractivity contribution is 0.116. The molecule has 0 saturated heterocycles. The molecule has 0 aromatic carbocycles. The Labute approximate surface area is 78.0 Å². The smallest absolute Gasteiger partial charge is 0.417 e. The van der Waals surface area contributed by atoms with Gasteiger partial charge in [0, 0.05) is 14.1 Å². The number of hydrogen-bond donors (Lipinski definition) is 1. The fraction of sp³-hybridized carbons (Fsp3) is 0.750. The summed E-state index contributed by atoms with van der Waals surface area (Å²) in [5.41, 5.74) is 0. The van der Waals surface area contributed by atoms with Crippen LogP contribution in [0, 0.1) is 0 Å². The first-order chi connectivity index (χ1) is 6.13. The summed E-state index contributed by atoms with van der Waals surface area (Å²) in [5.74, 6) is 0. The molecule has 0 aromatic rings. The monoisotopic (exact) mass is 188 g/mol. The Kier molecular flexibility index (Phi) is 5.67. The minimum atomic E-state index is -0.618. The third-order valence-electron chi connectivity index (χ3n) is 1.52. The Morgan fingerprint density at radius 2 is 2.08 bits per heavy atom. The molecular formula is C8H16N2O3. The van der Waals surface area contributed by atoms with E-state index in [1.165, 1.54) is 14.1 Å². The summed E-state index contributed by atoms with van der Waals surface area (Å²) in [6.45, 7) is 2.35. The molecule has 0 bridgehead atoms. The lowest BCUT2D eigenvalue weighted by Gasteiger charge is -2.14. The van der Waals surface area contributed by atoms with Crippen molar-refractivity contribution >= 4 is 12.1 Å². The molecular weight excluding hydrogens is 172 g/mol. The van der Waals surface area contributed by atoms with Gasteiger partial charge >= 0.3 is 12.1 Å². The maximum absolute atomic E-state index is 11.1. The van der Waals surface area contributed by atoms with Gasteiger partial charge in [-0.1, -0.05) is 13.3 Å². The Hall–Kier alpha value is -1.26. The maximum atomic E-state index is 11.1. The zero-order valence-corrected chi connectivity index (χ0v) is 8.29. The van der Waals surface area contributed by atoms with Gasteiger partial charge in [-0.25, -0.2) is 14.5 Å². The normalized spacial score (nSPS) is 9.15. The van der Waals surface area contributed by atoms with Crippen molar-refractivity contribution in [2.24, 2.45) is 0 Å². The van der Waals surface area contributed by atoms with Crippen LogP contribution in [0.4, 0.5) is 9.59 Å². The number of hydrogen-bond acceptors (Lipinski definition) is 3. The second-order valence-electron chi connectivity index (χ2n) is 2.58. The molecule has 0 fully saturated rings. The molecule has 5 heteroatoms. The summed E-state index contributed by atoms with van der Waals surface area (Å²) in [7, 11) is 2.82. The van der Waals surface area contributed by atoms with Crippen LogP contribution in [-0.2, 0) is 4.74 Å². The number of ether oxygens (including phenoxy) is 1. The first-order valence-electron chi connectivity index (χ1n) is 4.25. The molecule has 0 unspecified atom stereocenters. The number of imide groups is 1. The Morgan fingerprint density at radius 1 is 1.46 bits per heavy atom. The molecule has 3 amide bonds. The van der Waals surface area contributed by atoms with E-state index in [1.54, 1.807) is 0 Å². The number of nitrogens with zero attached hydrogens (tertiary/aromatic N) is 1. The van der Waals surface area contributed by atoms with Gasteiger partial charge in [-0.05, 0) is 6.42 Å². The van der Waals surface area contributed by atoms with Crippen LogP contribution in [0.2, 0.25) is 0 Å². The van der Waals surface area contributed by atoms with Gasteiger partial charge in [-0.15, -0.1) is 0 Å². The van der Waals surface area contributed by atoms with Crippen molar-refractivity contribution in [1.82, 2.24) is 10.2 Å². The molecule has 5 nitrogen and oxygen atoms in total. The zero-order chi connectivity index (χ0) is 10.3. The van der Waals surface area contributed by atoms with Gasteiger partial charge in [0.25, 0.3) is 0 Å². The van der Waals surface area contributed by atoms with Crippen molar-refractivity contribution in [3.63, 3.8) is 0 Å². The summed E-state index contributed by atoms with van der Waals surface area (Å²) in [4.78, 5) is 22.9. The molecule has 0 spiro atoms. The van der Waals surface area contributed by atoms with Gasteiger partial charge in [0.2, 0.25) is 0 Å². The van der Waals surface area contributed by atoms with Crippen molar-refractivity contribution in [2.75, 3.05) is 20.7 Å². The fourth-order valence-electron chi connectivity index (χ4n) is 0.651. The summed E-state index contributed by atoms with van der Waals surface area (Å²) < 4.78 is 4.79. The van der Waals surface area contributed by atoms with Crippen molar-refractivity contribution in [1.29, 1.82) is 0 Å². The third-order valence-corrected chi connectivity index (χ3v) is 1.52. The zero-order valence-electron chi connectivity index (χ0n) is 8.29. The average molecular weight is 188 g/mol. The second-order valence-corrected chi connectivity index (χ2v) is 2.58. The first-order valence-corrected chi connectivity index (χ1v) is 4.25. The Morgan fingerprint density at radius 3 is 2.54 bits per heavy atom. The van der Waals surface area contributed by atoms with E-state index in [4.69, 9.17) is 4.74 Å². The lowest BCUT2D eigenvalue weighted by atomic mass is 10.4. The maximum Gasteiger partial charge on any atom is 0.417 e. The third kappa shape index (κ3) is 4.35. The van der Waals surface area contributed by atoms with E-state index in [1.807, 2.05) is 6.92 Å². The summed E-state index contributed by atoms with van der Waals surface area (Å²) in [6, 6.07) is -0.471. The van der Waals surface area contributed by atoms with Crippen molar-refractivity contribution in [2.45, 2.75) is 19.8 Å². The molecule has 0 aromatic heterocycles. The van der Waals surface area contributed by atoms with E-state index in [2.05, 4.69) is 5.32 Å². The summed E-state index contributed by atoms with van der Waals surface area (Å²) in [6.07, 6.45) is 1.15. The number of carbonyl (C=O) groups is 2. The number of carbonyl (C=O) groups excluding carboxylic acids is 2. The van der Waals surface area contributed by atoms with E-state index in [9.17, 15) is 9.59 Å². The molecule has 0 heterocycles. The standard InChI is InChI=1S/C8H16N2O3/c1-4-5-6-13-8(12)10(3)7(11)9-2/h4-6H2,1-3H3,(H,9,11). The van der Waals surface area contributed by atoms with Crippen LogP contribution in [0.15, 0.2) is 0 Å². The molecule has 76 valence electrons. The molecule has 1 N–H and O–H groups in total. The van der Waals surface area contributed by atoms with Crippen LogP contribution in [0.3, 0.4) is 0 Å². The van der Waals surface area contributed by atoms with E-state index >= 15 is 0 Å². The molecule has 0 aliphatic heterocycles. The minimum Gasteiger partial charge on any atom is -0.449 e. The molecule has 0 rings (SSSR count). The summed E-state index contributed by atoms with van der Waals surface area (Å²) in [5, 5.41) is 2.32. The van der Waals surface area contributed by atoms with Gasteiger partial charge in [-0.2, -0.15) is 0 Å². The molecule has 0 aliphatic rings. The van der Waals surface area contributed by atoms with Gasteiger partial charge in [0.15, 0.2) is 0 Å². The van der Waals surface area contributed by atoms with Crippen molar-refractivity contribution in [3.05, 3.63) is 0 Å². The highest BCUT2D eigenvalue weighted by atomic mass is 16.6. The SMILES string of the molecule is CCCCOC(=O)N(C)C(=O)NC. The highest BCUT2D eigenvalue weighted by molar-refractivity contribution is 5.90. The largest absolute Gasteiger partial charge is 0.449 e. The number of rotatable bonds is 3. The van der Waals surface area contributed by atoms with E-state index in [0.29, 0.717) is 6.61 Å². The quantitative estimate of drug-likeness (QED) is 0.677.